The van der Waals surface area contributed by atoms with Crippen LogP contribution in [0.2, 0.25) is 0 Å². The number of hydrogen-bond donors (Lipinski definition) is 1. The number of carboxylic acids is 1. The molecule has 0 saturated heterocycles. The van der Waals surface area contributed by atoms with Crippen LogP contribution >= 0.6 is 0 Å². The molecule has 0 spiro atoms. The number of benzene rings is 2. The number of rotatable bonds is 2. The number of carbonyl (C=O) groups is 1. The Morgan fingerprint density at radius 1 is 1.16 bits per heavy atom. The molecule has 0 unspecified atom stereocenters. The van der Waals surface area contributed by atoms with Gasteiger partial charge in [-0.05, 0) is 37.3 Å². The second-order valence-electron chi connectivity index (χ2n) is 4.46. The fourth-order valence-corrected chi connectivity index (χ4v) is 2.06. The molecule has 0 aliphatic carbocycles. The molecule has 1 heterocycles. The van der Waals surface area contributed by atoms with Crippen molar-refractivity contribution in [3.8, 4) is 5.69 Å². The molecule has 94 valence electrons. The molecule has 0 aliphatic heterocycles. The minimum Gasteiger partial charge on any atom is -0.478 e. The van der Waals surface area contributed by atoms with Crippen LogP contribution in [-0.4, -0.2) is 20.6 Å². The van der Waals surface area contributed by atoms with Gasteiger partial charge < -0.3 is 5.11 Å². The Balaban J connectivity index is 2.15. The smallest absolute Gasteiger partial charge is 0.335 e. The SMILES string of the molecule is Cc1ccc(-n2cnc3cc(C(=O)O)ccc32)cc1. The van der Waals surface area contributed by atoms with Crippen LogP contribution in [0.1, 0.15) is 15.9 Å². The maximum Gasteiger partial charge on any atom is 0.335 e. The number of carboxylic acid groups (broad SMARTS) is 1. The van der Waals surface area contributed by atoms with E-state index in [4.69, 9.17) is 5.11 Å². The summed E-state index contributed by atoms with van der Waals surface area (Å²) in [7, 11) is 0. The van der Waals surface area contributed by atoms with E-state index in [9.17, 15) is 4.79 Å². The summed E-state index contributed by atoms with van der Waals surface area (Å²) in [6, 6.07) is 13.1. The minimum absolute atomic E-state index is 0.252. The molecule has 0 fully saturated rings. The summed E-state index contributed by atoms with van der Waals surface area (Å²) in [5, 5.41) is 8.96. The predicted molar refractivity (Wildman–Crippen MR) is 72.8 cm³/mol. The van der Waals surface area contributed by atoms with Crippen molar-refractivity contribution in [1.29, 1.82) is 0 Å². The van der Waals surface area contributed by atoms with Crippen molar-refractivity contribution in [2.45, 2.75) is 6.92 Å². The van der Waals surface area contributed by atoms with Crippen molar-refractivity contribution < 1.29 is 9.90 Å². The van der Waals surface area contributed by atoms with Crippen molar-refractivity contribution in [2.24, 2.45) is 0 Å². The van der Waals surface area contributed by atoms with E-state index >= 15 is 0 Å². The third-order valence-corrected chi connectivity index (χ3v) is 3.11. The topological polar surface area (TPSA) is 55.1 Å². The fourth-order valence-electron chi connectivity index (χ4n) is 2.06. The lowest BCUT2D eigenvalue weighted by atomic mass is 10.2. The van der Waals surface area contributed by atoms with Crippen LogP contribution in [0.3, 0.4) is 0 Å². The van der Waals surface area contributed by atoms with Gasteiger partial charge in [-0.25, -0.2) is 9.78 Å². The highest BCUT2D eigenvalue weighted by Crippen LogP contribution is 2.19. The fraction of sp³-hybridized carbons (Fsp3) is 0.0667. The highest BCUT2D eigenvalue weighted by molar-refractivity contribution is 5.92. The summed E-state index contributed by atoms with van der Waals surface area (Å²) in [6.07, 6.45) is 1.71. The van der Waals surface area contributed by atoms with E-state index in [1.807, 2.05) is 35.8 Å². The zero-order valence-electron chi connectivity index (χ0n) is 10.4. The van der Waals surface area contributed by atoms with Gasteiger partial charge in [0.05, 0.1) is 16.6 Å². The lowest BCUT2D eigenvalue weighted by Crippen LogP contribution is -1.96. The molecule has 0 radical (unpaired) electrons. The van der Waals surface area contributed by atoms with Gasteiger partial charge >= 0.3 is 5.97 Å². The standard InChI is InChI=1S/C15H12N2O2/c1-10-2-5-12(6-3-10)17-9-16-13-8-11(15(18)19)4-7-14(13)17/h2-9H,1H3,(H,18,19). The Hall–Kier alpha value is -2.62. The molecule has 3 rings (SSSR count). The van der Waals surface area contributed by atoms with Gasteiger partial charge in [0.2, 0.25) is 0 Å². The molecule has 0 amide bonds. The van der Waals surface area contributed by atoms with Gasteiger partial charge in [-0.1, -0.05) is 17.7 Å². The van der Waals surface area contributed by atoms with Gasteiger partial charge in [0.1, 0.15) is 6.33 Å². The molecular weight excluding hydrogens is 240 g/mol. The van der Waals surface area contributed by atoms with Crippen molar-refractivity contribution in [2.75, 3.05) is 0 Å². The molecule has 2 aromatic carbocycles. The third kappa shape index (κ3) is 1.97. The van der Waals surface area contributed by atoms with E-state index in [0.29, 0.717) is 5.52 Å². The molecule has 0 aliphatic rings. The first-order valence-electron chi connectivity index (χ1n) is 5.92. The summed E-state index contributed by atoms with van der Waals surface area (Å²) in [4.78, 5) is 15.2. The van der Waals surface area contributed by atoms with Gasteiger partial charge in [-0.3, -0.25) is 4.57 Å². The molecular formula is C15H12N2O2. The lowest BCUT2D eigenvalue weighted by molar-refractivity contribution is 0.0697. The van der Waals surface area contributed by atoms with Crippen LogP contribution in [0.25, 0.3) is 16.7 Å². The molecule has 1 aromatic heterocycles. The first-order valence-corrected chi connectivity index (χ1v) is 5.92. The van der Waals surface area contributed by atoms with Crippen LogP contribution in [0, 0.1) is 6.92 Å². The summed E-state index contributed by atoms with van der Waals surface area (Å²) in [5.41, 5.74) is 4.04. The highest BCUT2D eigenvalue weighted by atomic mass is 16.4. The second kappa shape index (κ2) is 4.24. The van der Waals surface area contributed by atoms with Gasteiger partial charge in [0, 0.05) is 5.69 Å². The predicted octanol–water partition coefficient (Wildman–Crippen LogP) is 3.03. The minimum atomic E-state index is -0.938. The van der Waals surface area contributed by atoms with Crippen LogP contribution in [-0.2, 0) is 0 Å². The summed E-state index contributed by atoms with van der Waals surface area (Å²) >= 11 is 0. The lowest BCUT2D eigenvalue weighted by Gasteiger charge is -2.04. The Morgan fingerprint density at radius 2 is 1.89 bits per heavy atom. The average Bonchev–Trinajstić information content (AvgIpc) is 2.82. The number of hydrogen-bond acceptors (Lipinski definition) is 2. The van der Waals surface area contributed by atoms with E-state index in [-0.39, 0.29) is 5.56 Å². The van der Waals surface area contributed by atoms with Crippen LogP contribution < -0.4 is 0 Å². The first-order chi connectivity index (χ1) is 9.15. The summed E-state index contributed by atoms with van der Waals surface area (Å²) < 4.78 is 1.94. The third-order valence-electron chi connectivity index (χ3n) is 3.11. The average molecular weight is 252 g/mol. The number of aromatic nitrogens is 2. The van der Waals surface area contributed by atoms with Gasteiger partial charge in [-0.15, -0.1) is 0 Å². The van der Waals surface area contributed by atoms with E-state index < -0.39 is 5.97 Å². The second-order valence-corrected chi connectivity index (χ2v) is 4.46. The monoisotopic (exact) mass is 252 g/mol. The van der Waals surface area contributed by atoms with Crippen molar-refractivity contribution in [1.82, 2.24) is 9.55 Å². The molecule has 0 saturated carbocycles. The molecule has 4 nitrogen and oxygen atoms in total. The first kappa shape index (κ1) is 11.5. The number of aromatic carboxylic acids is 1. The zero-order chi connectivity index (χ0) is 13.4. The highest BCUT2D eigenvalue weighted by Gasteiger charge is 2.08. The maximum absolute atomic E-state index is 10.9. The molecule has 0 bridgehead atoms. The number of fused-ring (bicyclic) bond motifs is 1. The normalized spacial score (nSPS) is 10.8. The maximum atomic E-state index is 10.9. The van der Waals surface area contributed by atoms with Crippen LogP contribution in [0.5, 0.6) is 0 Å². The van der Waals surface area contributed by atoms with Crippen LogP contribution in [0.4, 0.5) is 0 Å². The van der Waals surface area contributed by atoms with E-state index in [1.54, 1.807) is 24.5 Å². The Labute approximate surface area is 109 Å². The van der Waals surface area contributed by atoms with Gasteiger partial charge in [-0.2, -0.15) is 0 Å². The summed E-state index contributed by atoms with van der Waals surface area (Å²) in [6.45, 7) is 2.04. The molecule has 4 heteroatoms. The Morgan fingerprint density at radius 3 is 2.58 bits per heavy atom. The zero-order valence-corrected chi connectivity index (χ0v) is 10.4. The molecule has 3 aromatic rings. The Bertz CT molecular complexity index is 757. The van der Waals surface area contributed by atoms with Gasteiger partial charge in [0.15, 0.2) is 0 Å². The number of imidazole rings is 1. The van der Waals surface area contributed by atoms with Crippen LogP contribution in [0.15, 0.2) is 48.8 Å². The van der Waals surface area contributed by atoms with E-state index in [0.717, 1.165) is 11.2 Å². The number of aryl methyl sites for hydroxylation is 1. The molecule has 19 heavy (non-hydrogen) atoms. The molecule has 0 atom stereocenters. The summed E-state index contributed by atoms with van der Waals surface area (Å²) in [5.74, 6) is -0.938. The van der Waals surface area contributed by atoms with E-state index in [2.05, 4.69) is 4.98 Å². The van der Waals surface area contributed by atoms with Crippen molar-refractivity contribution >= 4 is 17.0 Å². The molecule has 1 N–H and O–H groups in total. The van der Waals surface area contributed by atoms with Crippen molar-refractivity contribution in [3.63, 3.8) is 0 Å². The quantitative estimate of drug-likeness (QED) is 0.762. The number of nitrogens with zero attached hydrogens (tertiary/aromatic N) is 2. The Kier molecular flexibility index (Phi) is 2.56. The largest absolute Gasteiger partial charge is 0.478 e. The van der Waals surface area contributed by atoms with Crippen molar-refractivity contribution in [3.05, 3.63) is 59.9 Å². The van der Waals surface area contributed by atoms with Gasteiger partial charge in [0.25, 0.3) is 0 Å². The van der Waals surface area contributed by atoms with E-state index in [1.165, 1.54) is 5.56 Å².